The average Bonchev–Trinajstić information content (AvgIpc) is 3.47. The van der Waals surface area contributed by atoms with Crippen LogP contribution in [0.15, 0.2) is 60.8 Å². The lowest BCUT2D eigenvalue weighted by atomic mass is 10.00. The van der Waals surface area contributed by atoms with Crippen LogP contribution in [0.5, 0.6) is 0 Å². The lowest BCUT2D eigenvalue weighted by Crippen LogP contribution is -2.53. The first-order valence-corrected chi connectivity index (χ1v) is 36.2. The van der Waals surface area contributed by atoms with Crippen LogP contribution in [0.2, 0.25) is 0 Å². The minimum absolute atomic E-state index is 0.358. The Kier molecular flexibility index (Phi) is 67.1. The topological polar surface area (TPSA) is 110 Å². The lowest BCUT2D eigenvalue weighted by Gasteiger charge is -2.27. The number of amides is 1. The number of hydrogen-bond donors (Lipinski definition) is 5. The van der Waals surface area contributed by atoms with Crippen molar-refractivity contribution in [2.45, 2.75) is 404 Å². The van der Waals surface area contributed by atoms with E-state index in [1.807, 2.05) is 0 Å². The van der Waals surface area contributed by atoms with Gasteiger partial charge < -0.3 is 25.7 Å². The van der Waals surface area contributed by atoms with Gasteiger partial charge >= 0.3 is 0 Å². The first-order chi connectivity index (χ1) is 40.0. The molecule has 0 radical (unpaired) electrons. The van der Waals surface area contributed by atoms with Crippen molar-refractivity contribution in [3.05, 3.63) is 60.8 Å². The van der Waals surface area contributed by atoms with Gasteiger partial charge in [-0.15, -0.1) is 0 Å². The summed E-state index contributed by atoms with van der Waals surface area (Å²) in [4.78, 5) is 12.7. The van der Waals surface area contributed by atoms with Crippen LogP contribution in [0.25, 0.3) is 0 Å². The fourth-order valence-corrected chi connectivity index (χ4v) is 11.3. The van der Waals surface area contributed by atoms with E-state index < -0.39 is 36.9 Å². The molecule has 0 aromatic carbocycles. The maximum Gasteiger partial charge on any atom is 0.249 e. The van der Waals surface area contributed by atoms with Crippen LogP contribution in [0, 0.1) is 0 Å². The number of hydrogen-bond acceptors (Lipinski definition) is 5. The van der Waals surface area contributed by atoms with E-state index in [-0.39, 0.29) is 0 Å². The van der Waals surface area contributed by atoms with Crippen molar-refractivity contribution in [3.63, 3.8) is 0 Å². The molecule has 6 nitrogen and oxygen atoms in total. The zero-order valence-corrected chi connectivity index (χ0v) is 54.3. The van der Waals surface area contributed by atoms with Crippen molar-refractivity contribution in [3.8, 4) is 0 Å². The van der Waals surface area contributed by atoms with E-state index in [4.69, 9.17) is 0 Å². The van der Waals surface area contributed by atoms with Crippen molar-refractivity contribution in [1.82, 2.24) is 5.32 Å². The smallest absolute Gasteiger partial charge is 0.249 e. The van der Waals surface area contributed by atoms with Gasteiger partial charge in [-0.25, -0.2) is 0 Å². The molecule has 0 bridgehead atoms. The second-order valence-corrected chi connectivity index (χ2v) is 24.9. The molecule has 0 saturated heterocycles. The summed E-state index contributed by atoms with van der Waals surface area (Å²) in [5.74, 6) is -0.596. The fourth-order valence-electron chi connectivity index (χ4n) is 11.3. The molecule has 0 spiro atoms. The molecule has 0 aliphatic heterocycles. The molecule has 0 aromatic rings. The maximum absolute atomic E-state index is 12.7. The van der Waals surface area contributed by atoms with Crippen molar-refractivity contribution in [1.29, 1.82) is 0 Å². The lowest BCUT2D eigenvalue weighted by molar-refractivity contribution is -0.132. The number of carbonyl (C=O) groups excluding carboxylic acids is 1. The molecule has 0 aromatic heterocycles. The highest BCUT2D eigenvalue weighted by Crippen LogP contribution is 2.19. The minimum atomic E-state index is -1.30. The summed E-state index contributed by atoms with van der Waals surface area (Å²) >= 11 is 0. The number of unbranched alkanes of at least 4 members (excludes halogenated alkanes) is 48. The highest BCUT2D eigenvalue weighted by molar-refractivity contribution is 5.80. The molecule has 1 amide bonds. The third-order valence-corrected chi connectivity index (χ3v) is 16.9. The Morgan fingerprint density at radius 3 is 0.852 bits per heavy atom. The molecule has 81 heavy (non-hydrogen) atoms. The normalized spacial score (nSPS) is 13.8. The van der Waals surface area contributed by atoms with E-state index in [1.165, 1.54) is 289 Å². The number of aliphatic hydroxyl groups is 4. The third-order valence-electron chi connectivity index (χ3n) is 16.9. The molecule has 4 atom stereocenters. The van der Waals surface area contributed by atoms with E-state index >= 15 is 0 Å². The second kappa shape index (κ2) is 68.8. The Labute approximate surface area is 505 Å². The highest BCUT2D eigenvalue weighted by Gasteiger charge is 2.28. The Bertz CT molecular complexity index is 1370. The van der Waals surface area contributed by atoms with Gasteiger partial charge in [0.2, 0.25) is 5.91 Å². The Balaban J connectivity index is 3.61. The van der Waals surface area contributed by atoms with Gasteiger partial charge in [0.15, 0.2) is 0 Å². The number of carbonyl (C=O) groups is 1. The molecule has 476 valence electrons. The molecule has 0 aliphatic rings. The Morgan fingerprint density at radius 1 is 0.309 bits per heavy atom. The van der Waals surface area contributed by atoms with Crippen LogP contribution < -0.4 is 5.32 Å². The van der Waals surface area contributed by atoms with E-state index in [2.05, 4.69) is 79.9 Å². The standard InChI is InChI=1S/C75H141NO5/c1-3-5-7-9-11-13-15-17-19-21-23-25-27-29-31-33-34-35-36-37-38-39-41-43-45-47-49-51-53-55-57-59-61-63-65-67-69-73(79)75(81)76-71(70-77)74(80)72(78)68-66-64-62-60-58-56-54-52-50-48-46-44-42-40-32-30-28-26-24-22-20-18-16-14-12-10-8-6-4-2/h31,33,35-36,44,46,52,54,60,62,71-74,77-80H,3-30,32,34,37-43,45,47-51,53,55-59,61,63-70H2,1-2H3,(H,76,81)/b33-31-,36-35-,46-44+,54-52+,62-60+. The molecular weight excluding hydrogens is 995 g/mol. The van der Waals surface area contributed by atoms with Gasteiger partial charge in [0.25, 0.3) is 0 Å². The Hall–Kier alpha value is -1.99. The van der Waals surface area contributed by atoms with Crippen LogP contribution >= 0.6 is 0 Å². The second-order valence-electron chi connectivity index (χ2n) is 24.9. The molecular formula is C75H141NO5. The zero-order valence-electron chi connectivity index (χ0n) is 54.3. The van der Waals surface area contributed by atoms with E-state index in [1.54, 1.807) is 0 Å². The largest absolute Gasteiger partial charge is 0.394 e. The van der Waals surface area contributed by atoms with Crippen LogP contribution in [-0.4, -0.2) is 57.3 Å². The van der Waals surface area contributed by atoms with E-state index in [9.17, 15) is 25.2 Å². The van der Waals surface area contributed by atoms with Gasteiger partial charge in [0.1, 0.15) is 12.2 Å². The molecule has 0 saturated carbocycles. The first kappa shape index (κ1) is 79.0. The summed E-state index contributed by atoms with van der Waals surface area (Å²) in [5, 5.41) is 44.2. The molecule has 6 heteroatoms. The number of rotatable bonds is 67. The maximum atomic E-state index is 12.7. The van der Waals surface area contributed by atoms with Crippen molar-refractivity contribution in [2.75, 3.05) is 6.61 Å². The quantitative estimate of drug-likeness (QED) is 0.0308. The summed E-state index contributed by atoms with van der Waals surface area (Å²) in [6.07, 6.45) is 92.2. The monoisotopic (exact) mass is 1140 g/mol. The van der Waals surface area contributed by atoms with Crippen LogP contribution in [-0.2, 0) is 4.79 Å². The predicted octanol–water partition coefficient (Wildman–Crippen LogP) is 22.6. The van der Waals surface area contributed by atoms with Gasteiger partial charge in [-0.1, -0.05) is 344 Å². The van der Waals surface area contributed by atoms with Gasteiger partial charge in [0, 0.05) is 0 Å². The summed E-state index contributed by atoms with van der Waals surface area (Å²) in [6.45, 7) is 4.09. The molecule has 0 heterocycles. The number of aliphatic hydroxyl groups excluding tert-OH is 4. The zero-order chi connectivity index (χ0) is 58.7. The Morgan fingerprint density at radius 2 is 0.556 bits per heavy atom. The molecule has 0 fully saturated rings. The summed E-state index contributed by atoms with van der Waals surface area (Å²) < 4.78 is 0. The number of allylic oxidation sites excluding steroid dienone is 10. The predicted molar refractivity (Wildman–Crippen MR) is 357 cm³/mol. The van der Waals surface area contributed by atoms with Gasteiger partial charge in [-0.3, -0.25) is 4.79 Å². The van der Waals surface area contributed by atoms with Gasteiger partial charge in [-0.05, 0) is 96.3 Å². The van der Waals surface area contributed by atoms with Crippen molar-refractivity contribution >= 4 is 5.91 Å². The van der Waals surface area contributed by atoms with E-state index in [0.29, 0.717) is 19.3 Å². The van der Waals surface area contributed by atoms with Gasteiger partial charge in [0.05, 0.1) is 18.8 Å². The highest BCUT2D eigenvalue weighted by atomic mass is 16.3. The molecule has 0 rings (SSSR count). The molecule has 4 unspecified atom stereocenters. The summed E-state index contributed by atoms with van der Waals surface area (Å²) in [6, 6.07) is -1.02. The summed E-state index contributed by atoms with van der Waals surface area (Å²) in [7, 11) is 0. The molecule has 5 N–H and O–H groups in total. The SMILES string of the molecule is CCCCCCCCCCCCCCC/C=C\C/C=C\CCCCCCCCCCCCCCCCCCC(O)C(=O)NC(CO)C(O)C(O)CCC/C=C/CC/C=C/CC/C=C/CCCCCCCCCCCCCCCCCC. The van der Waals surface area contributed by atoms with Crippen LogP contribution in [0.3, 0.4) is 0 Å². The van der Waals surface area contributed by atoms with Crippen molar-refractivity contribution < 1.29 is 25.2 Å². The third kappa shape index (κ3) is 62.4. The number of nitrogens with one attached hydrogen (secondary N) is 1. The van der Waals surface area contributed by atoms with Crippen LogP contribution in [0.1, 0.15) is 380 Å². The van der Waals surface area contributed by atoms with E-state index in [0.717, 1.165) is 57.8 Å². The minimum Gasteiger partial charge on any atom is -0.394 e. The summed E-state index contributed by atoms with van der Waals surface area (Å²) in [5.41, 5.74) is 0. The first-order valence-electron chi connectivity index (χ1n) is 36.2. The molecule has 0 aliphatic carbocycles. The van der Waals surface area contributed by atoms with Crippen LogP contribution in [0.4, 0.5) is 0 Å². The van der Waals surface area contributed by atoms with Crippen molar-refractivity contribution in [2.24, 2.45) is 0 Å². The van der Waals surface area contributed by atoms with Gasteiger partial charge in [-0.2, -0.15) is 0 Å². The fraction of sp³-hybridized carbons (Fsp3) is 0.853. The average molecular weight is 1140 g/mol.